The molecule has 6 rings (SSSR count). The predicted molar refractivity (Wildman–Crippen MR) is 184 cm³/mol. The molecule has 2 unspecified atom stereocenters. The van der Waals surface area contributed by atoms with Gasteiger partial charge in [0.15, 0.2) is 28.4 Å². The first-order valence-electron chi connectivity index (χ1n) is 15.1. The van der Waals surface area contributed by atoms with Gasteiger partial charge < -0.3 is 29.2 Å². The summed E-state index contributed by atoms with van der Waals surface area (Å²) in [4.78, 5) is 55.4. The van der Waals surface area contributed by atoms with Gasteiger partial charge in [0, 0.05) is 38.7 Å². The van der Waals surface area contributed by atoms with Crippen molar-refractivity contribution < 1.29 is 51.7 Å². The van der Waals surface area contributed by atoms with Gasteiger partial charge in [-0.05, 0) is 43.2 Å². The molecule has 0 saturated heterocycles. The van der Waals surface area contributed by atoms with Crippen LogP contribution in [0.5, 0.6) is 34.5 Å². The fourth-order valence-electron chi connectivity index (χ4n) is 7.53. The lowest BCUT2D eigenvalue weighted by molar-refractivity contribution is -0.125. The number of hydrogen-bond donors (Lipinski definition) is 3. The van der Waals surface area contributed by atoms with Gasteiger partial charge in [0.05, 0.1) is 61.7 Å². The number of carbonyl (C=O) groups is 2. The molecule has 0 radical (unpaired) electrons. The van der Waals surface area contributed by atoms with Gasteiger partial charge in [0.2, 0.25) is 5.43 Å². The molecule has 3 N–H and O–H groups in total. The minimum absolute atomic E-state index is 0.0394. The fourth-order valence-corrected chi connectivity index (χ4v) is 9.20. The van der Waals surface area contributed by atoms with E-state index in [0.29, 0.717) is 0 Å². The Labute approximate surface area is 283 Å². The van der Waals surface area contributed by atoms with Gasteiger partial charge >= 0.3 is 0 Å². The normalized spacial score (nSPS) is 15.9. The molecule has 0 amide bonds. The topological polar surface area (TPSA) is 200 Å². The smallest absolute Gasteiger partial charge is 0.264 e. The van der Waals surface area contributed by atoms with E-state index in [4.69, 9.17) is 23.5 Å². The highest BCUT2D eigenvalue weighted by molar-refractivity contribution is 7.99. The maximum absolute atomic E-state index is 14.5. The van der Waals surface area contributed by atoms with Crippen molar-refractivity contribution in [1.82, 2.24) is 0 Å². The second-order valence-electron chi connectivity index (χ2n) is 11.9. The maximum Gasteiger partial charge on any atom is 0.264 e. The first kappa shape index (κ1) is 34.3. The highest BCUT2D eigenvalue weighted by Gasteiger charge is 2.46. The number of phenols is 2. The summed E-state index contributed by atoms with van der Waals surface area (Å²) in [5.74, 6) is -5.18. The Kier molecular flexibility index (Phi) is 8.44. The minimum atomic E-state index is -4.19. The van der Waals surface area contributed by atoms with Crippen LogP contribution in [0.25, 0.3) is 43.1 Å². The van der Waals surface area contributed by atoms with Crippen molar-refractivity contribution in [1.29, 1.82) is 0 Å². The number of methoxy groups -OCH3 is 4. The number of ether oxygens (including phenoxy) is 4. The third-order valence-electron chi connectivity index (χ3n) is 9.26. The molecule has 5 aromatic carbocycles. The molecule has 49 heavy (non-hydrogen) atoms. The number of thioether (sulfide) groups is 1. The minimum Gasteiger partial charge on any atom is -0.504 e. The first-order chi connectivity index (χ1) is 23.2. The van der Waals surface area contributed by atoms with E-state index in [9.17, 15) is 37.8 Å². The number of rotatable bonds is 12. The number of benzene rings is 5. The van der Waals surface area contributed by atoms with Crippen molar-refractivity contribution >= 4 is 76.5 Å². The molecule has 0 aliphatic heterocycles. The third-order valence-corrected chi connectivity index (χ3v) is 11.2. The van der Waals surface area contributed by atoms with Gasteiger partial charge in [-0.15, -0.1) is 11.8 Å². The Bertz CT molecular complexity index is 2470. The average molecular weight is 713 g/mol. The number of phenolic OH excluding ortho intramolecular Hbond substituents is 2. The Balaban J connectivity index is 1.95. The van der Waals surface area contributed by atoms with Crippen LogP contribution in [0.2, 0.25) is 0 Å². The summed E-state index contributed by atoms with van der Waals surface area (Å²) in [7, 11) is 0.987. The molecule has 15 heteroatoms. The third kappa shape index (κ3) is 4.81. The maximum atomic E-state index is 14.5. The average Bonchev–Trinajstić information content (AvgIpc) is 3.03. The van der Waals surface area contributed by atoms with E-state index in [0.717, 1.165) is 11.8 Å². The van der Waals surface area contributed by atoms with Crippen molar-refractivity contribution in [2.75, 3.05) is 39.9 Å². The Morgan fingerprint density at radius 2 is 1.22 bits per heavy atom. The molecule has 2 atom stereocenters. The van der Waals surface area contributed by atoms with Crippen molar-refractivity contribution in [2.45, 2.75) is 43.4 Å². The summed E-state index contributed by atoms with van der Waals surface area (Å²) in [5.41, 5.74) is -1.04. The van der Waals surface area contributed by atoms with Crippen LogP contribution in [0.15, 0.2) is 20.6 Å². The molecule has 0 spiro atoms. The summed E-state index contributed by atoms with van der Waals surface area (Å²) < 4.78 is 54.6. The van der Waals surface area contributed by atoms with E-state index in [1.165, 1.54) is 48.4 Å². The molecule has 0 aromatic heterocycles. The molecular formula is C34H32O13S2. The largest absolute Gasteiger partial charge is 0.504 e. The monoisotopic (exact) mass is 712 g/mol. The van der Waals surface area contributed by atoms with Gasteiger partial charge in [-0.2, -0.15) is 8.42 Å². The molecule has 1 aliphatic carbocycles. The SMILES string of the molecule is COc1c(O)c2c(=O)cc(OC)c3c4c(OC)c(SCCCCS(=O)(=O)O)c(=O)c5c(O)c(OC)c6c(c(c1C(C(C)=O)C6C(C)=O)c23)c54. The molecule has 5 aromatic rings. The van der Waals surface area contributed by atoms with Gasteiger partial charge in [-0.1, -0.05) is 0 Å². The van der Waals surface area contributed by atoms with Crippen LogP contribution in [-0.2, 0) is 19.7 Å². The number of carbonyl (C=O) groups excluding carboxylic acids is 2. The molecule has 258 valence electrons. The second kappa shape index (κ2) is 12.1. The van der Waals surface area contributed by atoms with Crippen LogP contribution in [0.4, 0.5) is 0 Å². The lowest BCUT2D eigenvalue weighted by Crippen LogP contribution is -2.28. The van der Waals surface area contributed by atoms with Crippen LogP contribution >= 0.6 is 11.8 Å². The number of Topliss-reactive ketones (excluding diaryl/α,β-unsaturated/α-hetero) is 2. The zero-order chi connectivity index (χ0) is 35.9. The van der Waals surface area contributed by atoms with E-state index in [1.54, 1.807) is 0 Å². The zero-order valence-corrected chi connectivity index (χ0v) is 28.9. The molecule has 0 bridgehead atoms. The number of unbranched alkanes of at least 4 members (excludes halogenated alkanes) is 1. The second-order valence-corrected chi connectivity index (χ2v) is 14.6. The predicted octanol–water partition coefficient (Wildman–Crippen LogP) is 4.46. The quantitative estimate of drug-likeness (QED) is 0.0538. The number of ketones is 2. The van der Waals surface area contributed by atoms with Gasteiger partial charge in [-0.25, -0.2) is 0 Å². The van der Waals surface area contributed by atoms with Crippen LogP contribution in [0, 0.1) is 0 Å². The van der Waals surface area contributed by atoms with Crippen LogP contribution in [0.3, 0.4) is 0 Å². The molecule has 0 fully saturated rings. The van der Waals surface area contributed by atoms with E-state index >= 15 is 0 Å². The first-order valence-corrected chi connectivity index (χ1v) is 17.7. The Hall–Kier alpha value is -4.60. The van der Waals surface area contributed by atoms with Crippen LogP contribution in [0.1, 0.15) is 49.7 Å². The molecule has 0 heterocycles. The molecular weight excluding hydrogens is 680 g/mol. The summed E-state index contributed by atoms with van der Waals surface area (Å²) in [5, 5.41) is 24.5. The standard InChI is InChI=1S/C34H32O13S2/c1-12(35)16-17(13(2)36)25-22-21-20-18(28(38)31(45-4)24(16)21)14(37)11-15(44-3)19(20)26-23(22)27(29(39)32(25)46-5)30(40)34(33(26)47-6)48-9-7-8-10-49(41,42)43/h11,16-17,38-39H,7-10H2,1-6H3,(H,41,42,43). The van der Waals surface area contributed by atoms with Crippen molar-refractivity contribution in [2.24, 2.45) is 0 Å². The number of hydrogen-bond acceptors (Lipinski definition) is 13. The van der Waals surface area contributed by atoms with E-state index in [1.807, 2.05) is 0 Å². The van der Waals surface area contributed by atoms with Gasteiger partial charge in [0.1, 0.15) is 23.1 Å². The van der Waals surface area contributed by atoms with Crippen LogP contribution < -0.4 is 29.8 Å². The number of fused-ring (bicyclic) bond motifs is 1. The van der Waals surface area contributed by atoms with E-state index in [2.05, 4.69) is 0 Å². The van der Waals surface area contributed by atoms with Crippen LogP contribution in [-0.4, -0.2) is 74.7 Å². The van der Waals surface area contributed by atoms with Gasteiger partial charge in [-0.3, -0.25) is 23.7 Å². The highest BCUT2D eigenvalue weighted by atomic mass is 32.2. The summed E-state index contributed by atoms with van der Waals surface area (Å²) in [6.07, 6.45) is 0.390. The highest BCUT2D eigenvalue weighted by Crippen LogP contribution is 2.62. The summed E-state index contributed by atoms with van der Waals surface area (Å²) in [6.45, 7) is 2.56. The summed E-state index contributed by atoms with van der Waals surface area (Å²) >= 11 is 1.04. The lowest BCUT2D eigenvalue weighted by Gasteiger charge is -2.35. The van der Waals surface area contributed by atoms with Crippen molar-refractivity contribution in [3.8, 4) is 34.5 Å². The summed E-state index contributed by atoms with van der Waals surface area (Å²) in [6, 6.07) is 1.17. The van der Waals surface area contributed by atoms with Gasteiger partial charge in [0.25, 0.3) is 10.1 Å². The van der Waals surface area contributed by atoms with Crippen molar-refractivity contribution in [3.05, 3.63) is 37.6 Å². The molecule has 13 nitrogen and oxygen atoms in total. The lowest BCUT2D eigenvalue weighted by atomic mass is 9.67. The Morgan fingerprint density at radius 1 is 0.714 bits per heavy atom. The Morgan fingerprint density at radius 3 is 1.69 bits per heavy atom. The molecule has 0 saturated carbocycles. The fraction of sp³-hybridized carbons (Fsp3) is 0.353. The van der Waals surface area contributed by atoms with E-state index in [-0.39, 0.29) is 101 Å². The zero-order valence-electron chi connectivity index (χ0n) is 27.3. The molecule has 1 aliphatic rings. The van der Waals surface area contributed by atoms with E-state index < -0.39 is 61.6 Å². The van der Waals surface area contributed by atoms with Crippen molar-refractivity contribution in [3.63, 3.8) is 0 Å². The number of aromatic hydroxyl groups is 2.